The van der Waals surface area contributed by atoms with Gasteiger partial charge < -0.3 is 10.1 Å². The zero-order valence-electron chi connectivity index (χ0n) is 15.5. The topological polar surface area (TPSA) is 145 Å². The van der Waals surface area contributed by atoms with Crippen LogP contribution in [-0.4, -0.2) is 44.3 Å². The third-order valence-electron chi connectivity index (χ3n) is 3.99. The van der Waals surface area contributed by atoms with Crippen molar-refractivity contribution in [1.29, 1.82) is 0 Å². The maximum atomic E-state index is 12.5. The van der Waals surface area contributed by atoms with E-state index in [0.717, 1.165) is 4.68 Å². The second-order valence-corrected chi connectivity index (χ2v) is 7.35. The summed E-state index contributed by atoms with van der Waals surface area (Å²) in [4.78, 5) is 46.4. The number of aromatic nitrogens is 2. The number of nitro groups is 1. The molecule has 28 heavy (non-hydrogen) atoms. The van der Waals surface area contributed by atoms with Gasteiger partial charge in [-0.15, -0.1) is 5.10 Å². The molecule has 1 fully saturated rings. The highest BCUT2D eigenvalue weighted by atomic mass is 16.6. The molecule has 11 heteroatoms. The Bertz CT molecular complexity index is 990. The van der Waals surface area contributed by atoms with Crippen LogP contribution in [0.3, 0.4) is 0 Å². The Morgan fingerprint density at radius 3 is 2.71 bits per heavy atom. The molecule has 0 radical (unpaired) electrons. The molecule has 1 saturated heterocycles. The lowest BCUT2D eigenvalue weighted by Crippen LogP contribution is -2.47. The zero-order valence-corrected chi connectivity index (χ0v) is 15.5. The van der Waals surface area contributed by atoms with Gasteiger partial charge in [0.05, 0.1) is 10.4 Å². The molecule has 1 aromatic heterocycles. The van der Waals surface area contributed by atoms with Crippen molar-refractivity contribution in [3.8, 4) is 0 Å². The highest BCUT2D eigenvalue weighted by Crippen LogP contribution is 2.29. The fourth-order valence-electron chi connectivity index (χ4n) is 2.76. The Morgan fingerprint density at radius 2 is 2.11 bits per heavy atom. The minimum Gasteiger partial charge on any atom is -0.442 e. The van der Waals surface area contributed by atoms with Crippen molar-refractivity contribution in [2.24, 2.45) is 0 Å². The van der Waals surface area contributed by atoms with Crippen molar-refractivity contribution in [1.82, 2.24) is 15.1 Å². The van der Waals surface area contributed by atoms with E-state index in [1.807, 2.05) is 0 Å². The Labute approximate surface area is 159 Å². The number of amides is 2. The van der Waals surface area contributed by atoms with Crippen LogP contribution in [0.1, 0.15) is 33.6 Å². The van der Waals surface area contributed by atoms with Gasteiger partial charge in [0.2, 0.25) is 11.8 Å². The Kier molecular flexibility index (Phi) is 4.75. The first-order valence-corrected chi connectivity index (χ1v) is 8.56. The van der Waals surface area contributed by atoms with Crippen LogP contribution in [0.4, 0.5) is 16.3 Å². The van der Waals surface area contributed by atoms with Crippen LogP contribution in [0.25, 0.3) is 10.9 Å². The number of nitrogens with zero attached hydrogens (tertiary/aromatic N) is 3. The van der Waals surface area contributed by atoms with Crippen molar-refractivity contribution >= 4 is 40.3 Å². The summed E-state index contributed by atoms with van der Waals surface area (Å²) in [7, 11) is 0. The normalized spacial score (nSPS) is 17.3. The molecule has 1 aliphatic rings. The number of hydrogen-bond donors (Lipinski definition) is 2. The maximum Gasteiger partial charge on any atom is 0.435 e. The number of benzene rings is 1. The molecule has 11 nitrogen and oxygen atoms in total. The highest BCUT2D eigenvalue weighted by Gasteiger charge is 2.29. The van der Waals surface area contributed by atoms with E-state index < -0.39 is 28.6 Å². The number of piperidine rings is 1. The molecule has 0 bridgehead atoms. The smallest absolute Gasteiger partial charge is 0.435 e. The standard InChI is InChI=1S/C17H19N5O6/c1-17(2,3)28-16(25)21-12-8-9(22(26)27)4-5-10(12)14(20-21)18-11-6-7-13(23)19-15(11)24/h4-5,8,11H,6-7H2,1-3H3,(H,18,20)(H,19,23,24). The first-order valence-electron chi connectivity index (χ1n) is 8.56. The fourth-order valence-corrected chi connectivity index (χ4v) is 2.76. The van der Waals surface area contributed by atoms with Crippen molar-refractivity contribution in [3.63, 3.8) is 0 Å². The van der Waals surface area contributed by atoms with Gasteiger partial charge in [0.1, 0.15) is 11.6 Å². The van der Waals surface area contributed by atoms with Gasteiger partial charge in [0.25, 0.3) is 5.69 Å². The van der Waals surface area contributed by atoms with Gasteiger partial charge in [-0.05, 0) is 33.3 Å². The van der Waals surface area contributed by atoms with Crippen molar-refractivity contribution in [3.05, 3.63) is 28.3 Å². The molecule has 2 aromatic rings. The lowest BCUT2D eigenvalue weighted by molar-refractivity contribution is -0.384. The quantitative estimate of drug-likeness (QED) is 0.460. The van der Waals surface area contributed by atoms with E-state index in [1.54, 1.807) is 20.8 Å². The van der Waals surface area contributed by atoms with E-state index in [-0.39, 0.29) is 35.8 Å². The lowest BCUT2D eigenvalue weighted by Gasteiger charge is -2.21. The van der Waals surface area contributed by atoms with Gasteiger partial charge in [0, 0.05) is 23.9 Å². The Morgan fingerprint density at radius 1 is 1.39 bits per heavy atom. The number of fused-ring (bicyclic) bond motifs is 1. The molecule has 1 aliphatic heterocycles. The fraction of sp³-hybridized carbons (Fsp3) is 0.412. The number of imide groups is 1. The number of carbonyl (C=O) groups is 3. The van der Waals surface area contributed by atoms with Crippen LogP contribution in [0, 0.1) is 10.1 Å². The summed E-state index contributed by atoms with van der Waals surface area (Å²) in [5.41, 5.74) is -0.851. The van der Waals surface area contributed by atoms with Gasteiger partial charge in [-0.25, -0.2) is 4.79 Å². The highest BCUT2D eigenvalue weighted by molar-refractivity contribution is 6.03. The first-order chi connectivity index (χ1) is 13.0. The molecule has 148 valence electrons. The number of hydrogen-bond acceptors (Lipinski definition) is 8. The Hall–Kier alpha value is -3.50. The average Bonchev–Trinajstić information content (AvgIpc) is 2.94. The number of rotatable bonds is 3. The zero-order chi connectivity index (χ0) is 20.6. The van der Waals surface area contributed by atoms with Gasteiger partial charge in [-0.3, -0.25) is 25.0 Å². The molecule has 2 N–H and O–H groups in total. The van der Waals surface area contributed by atoms with Crippen molar-refractivity contribution in [2.75, 3.05) is 5.32 Å². The number of ether oxygens (including phenoxy) is 1. The third kappa shape index (κ3) is 3.92. The largest absolute Gasteiger partial charge is 0.442 e. The molecule has 2 amide bonds. The van der Waals surface area contributed by atoms with E-state index in [2.05, 4.69) is 15.7 Å². The number of nitro benzene ring substituents is 1. The minimum atomic E-state index is -0.811. The van der Waals surface area contributed by atoms with Crippen molar-refractivity contribution in [2.45, 2.75) is 45.3 Å². The average molecular weight is 389 g/mol. The van der Waals surface area contributed by atoms with E-state index in [4.69, 9.17) is 4.74 Å². The van der Waals surface area contributed by atoms with E-state index in [0.29, 0.717) is 5.39 Å². The van der Waals surface area contributed by atoms with Crippen LogP contribution >= 0.6 is 0 Å². The maximum absolute atomic E-state index is 12.5. The van der Waals surface area contributed by atoms with Gasteiger partial charge >= 0.3 is 6.09 Å². The molecule has 1 atom stereocenters. The second kappa shape index (κ2) is 6.91. The van der Waals surface area contributed by atoms with Crippen LogP contribution in [0.2, 0.25) is 0 Å². The van der Waals surface area contributed by atoms with Crippen molar-refractivity contribution < 1.29 is 24.0 Å². The summed E-state index contributed by atoms with van der Waals surface area (Å²) in [6.07, 6.45) is -0.382. The molecule has 3 rings (SSSR count). The summed E-state index contributed by atoms with van der Waals surface area (Å²) < 4.78 is 6.23. The van der Waals surface area contributed by atoms with Gasteiger partial charge in [-0.2, -0.15) is 4.68 Å². The number of carbonyl (C=O) groups excluding carboxylic acids is 3. The molecular formula is C17H19N5O6. The monoisotopic (exact) mass is 389 g/mol. The van der Waals surface area contributed by atoms with E-state index in [1.165, 1.54) is 18.2 Å². The predicted octanol–water partition coefficient (Wildman–Crippen LogP) is 1.94. The molecule has 1 unspecified atom stereocenters. The molecular weight excluding hydrogens is 370 g/mol. The van der Waals surface area contributed by atoms with E-state index >= 15 is 0 Å². The third-order valence-corrected chi connectivity index (χ3v) is 3.99. The van der Waals surface area contributed by atoms with Crippen LogP contribution in [-0.2, 0) is 14.3 Å². The predicted molar refractivity (Wildman–Crippen MR) is 97.8 cm³/mol. The first kappa shape index (κ1) is 19.3. The summed E-state index contributed by atoms with van der Waals surface area (Å²) >= 11 is 0. The molecule has 0 aliphatic carbocycles. The van der Waals surface area contributed by atoms with E-state index in [9.17, 15) is 24.5 Å². The molecule has 1 aromatic carbocycles. The Balaban J connectivity index is 2.03. The lowest BCUT2D eigenvalue weighted by atomic mass is 10.1. The second-order valence-electron chi connectivity index (χ2n) is 7.35. The summed E-state index contributed by atoms with van der Waals surface area (Å²) in [5, 5.41) is 20.8. The number of non-ortho nitro benzene ring substituents is 1. The molecule has 0 spiro atoms. The summed E-state index contributed by atoms with van der Waals surface area (Å²) in [5.74, 6) is -0.675. The van der Waals surface area contributed by atoms with Crippen LogP contribution in [0.15, 0.2) is 18.2 Å². The molecule has 0 saturated carbocycles. The SMILES string of the molecule is CC(C)(C)OC(=O)n1nc(NC2CCC(=O)NC2=O)c2ccc([N+](=O)[O-])cc21. The molecule has 2 heterocycles. The van der Waals surface area contributed by atoms with Gasteiger partial charge in [0.15, 0.2) is 5.82 Å². The minimum absolute atomic E-state index is 0.165. The summed E-state index contributed by atoms with van der Waals surface area (Å²) in [6.45, 7) is 5.05. The number of nitrogens with one attached hydrogen (secondary N) is 2. The van der Waals surface area contributed by atoms with Crippen LogP contribution < -0.4 is 10.6 Å². The number of anilines is 1. The van der Waals surface area contributed by atoms with Gasteiger partial charge in [-0.1, -0.05) is 0 Å². The van der Waals surface area contributed by atoms with Crippen LogP contribution in [0.5, 0.6) is 0 Å². The summed E-state index contributed by atoms with van der Waals surface area (Å²) in [6, 6.07) is 3.20.